The van der Waals surface area contributed by atoms with Crippen molar-refractivity contribution in [3.8, 4) is 0 Å². The summed E-state index contributed by atoms with van der Waals surface area (Å²) in [5.41, 5.74) is -0.538. The first-order valence-corrected chi connectivity index (χ1v) is 4.29. The lowest BCUT2D eigenvalue weighted by Gasteiger charge is -2.05. The van der Waals surface area contributed by atoms with Crippen molar-refractivity contribution in [1.29, 1.82) is 0 Å². The Morgan fingerprint density at radius 3 is 2.78 bits per heavy atom. The summed E-state index contributed by atoms with van der Waals surface area (Å²) in [6.45, 7) is 0.476. The molecule has 0 aliphatic rings. The van der Waals surface area contributed by atoms with Gasteiger partial charge >= 0.3 is 0 Å². The SMILES string of the molecule is OCC(Cl)OCCCBr. The van der Waals surface area contributed by atoms with E-state index < -0.39 is 5.56 Å². The molecule has 9 heavy (non-hydrogen) atoms. The number of aliphatic hydroxyl groups is 1. The van der Waals surface area contributed by atoms with Crippen LogP contribution in [0, 0.1) is 0 Å². The van der Waals surface area contributed by atoms with E-state index in [0.29, 0.717) is 6.61 Å². The molecule has 0 aromatic rings. The predicted octanol–water partition coefficient (Wildman–Crippen LogP) is 1.35. The summed E-state index contributed by atoms with van der Waals surface area (Å²) in [5.74, 6) is 0. The fourth-order valence-corrected chi connectivity index (χ4v) is 0.636. The molecule has 0 saturated carbocycles. The molecule has 0 rings (SSSR count). The first-order chi connectivity index (χ1) is 4.31. The van der Waals surface area contributed by atoms with E-state index in [4.69, 9.17) is 21.4 Å². The van der Waals surface area contributed by atoms with Gasteiger partial charge in [-0.3, -0.25) is 0 Å². The maximum Gasteiger partial charge on any atom is 0.154 e. The molecule has 0 radical (unpaired) electrons. The van der Waals surface area contributed by atoms with Gasteiger partial charge in [0.25, 0.3) is 0 Å². The largest absolute Gasteiger partial charge is 0.392 e. The van der Waals surface area contributed by atoms with Crippen molar-refractivity contribution < 1.29 is 9.84 Å². The highest BCUT2D eigenvalue weighted by Crippen LogP contribution is 1.98. The lowest BCUT2D eigenvalue weighted by molar-refractivity contribution is 0.0648. The summed E-state index contributed by atoms with van der Waals surface area (Å²) in [4.78, 5) is 0. The zero-order chi connectivity index (χ0) is 7.11. The Morgan fingerprint density at radius 1 is 1.67 bits per heavy atom. The van der Waals surface area contributed by atoms with Gasteiger partial charge in [0.1, 0.15) is 0 Å². The molecule has 4 heteroatoms. The van der Waals surface area contributed by atoms with Crippen LogP contribution in [0.25, 0.3) is 0 Å². The molecule has 0 spiro atoms. The van der Waals surface area contributed by atoms with E-state index in [2.05, 4.69) is 15.9 Å². The Bertz CT molecular complexity index is 62.9. The van der Waals surface area contributed by atoms with E-state index in [1.54, 1.807) is 0 Å². The third kappa shape index (κ3) is 6.58. The van der Waals surface area contributed by atoms with Crippen LogP contribution >= 0.6 is 27.5 Å². The molecule has 0 aromatic carbocycles. The molecule has 0 heterocycles. The summed E-state index contributed by atoms with van der Waals surface area (Å²) >= 11 is 8.65. The van der Waals surface area contributed by atoms with Crippen molar-refractivity contribution >= 4 is 27.5 Å². The number of rotatable bonds is 5. The summed E-state index contributed by atoms with van der Waals surface area (Å²) in [7, 11) is 0. The van der Waals surface area contributed by atoms with Gasteiger partial charge in [-0.25, -0.2) is 0 Å². The van der Waals surface area contributed by atoms with Gasteiger partial charge in [0.15, 0.2) is 5.56 Å². The normalized spacial score (nSPS) is 13.7. The highest BCUT2D eigenvalue weighted by molar-refractivity contribution is 9.09. The quantitative estimate of drug-likeness (QED) is 0.556. The average molecular weight is 217 g/mol. The smallest absolute Gasteiger partial charge is 0.154 e. The van der Waals surface area contributed by atoms with Crippen molar-refractivity contribution in [3.63, 3.8) is 0 Å². The maximum absolute atomic E-state index is 8.37. The van der Waals surface area contributed by atoms with Gasteiger partial charge in [-0.05, 0) is 6.42 Å². The summed E-state index contributed by atoms with van der Waals surface area (Å²) < 4.78 is 4.92. The molecule has 1 atom stereocenters. The Labute approximate surface area is 68.3 Å². The van der Waals surface area contributed by atoms with E-state index >= 15 is 0 Å². The molecule has 0 saturated heterocycles. The topological polar surface area (TPSA) is 29.5 Å². The second kappa shape index (κ2) is 6.81. The van der Waals surface area contributed by atoms with E-state index in [1.165, 1.54) is 0 Å². The number of halogens is 2. The van der Waals surface area contributed by atoms with Gasteiger partial charge in [0.2, 0.25) is 0 Å². The van der Waals surface area contributed by atoms with Gasteiger partial charge in [0, 0.05) is 11.9 Å². The van der Waals surface area contributed by atoms with E-state index in [9.17, 15) is 0 Å². The van der Waals surface area contributed by atoms with Crippen molar-refractivity contribution in [3.05, 3.63) is 0 Å². The van der Waals surface area contributed by atoms with E-state index in [-0.39, 0.29) is 6.61 Å². The van der Waals surface area contributed by atoms with Crippen LogP contribution in [0.2, 0.25) is 0 Å². The lowest BCUT2D eigenvalue weighted by atomic mass is 10.5. The second-order valence-corrected chi connectivity index (χ2v) is 2.79. The van der Waals surface area contributed by atoms with Crippen LogP contribution in [0.3, 0.4) is 0 Å². The average Bonchev–Trinajstić information content (AvgIpc) is 1.89. The number of ether oxygens (including phenoxy) is 1. The molecule has 0 bridgehead atoms. The molecule has 0 aliphatic heterocycles. The van der Waals surface area contributed by atoms with Crippen LogP contribution in [-0.2, 0) is 4.74 Å². The van der Waals surface area contributed by atoms with Crippen molar-refractivity contribution in [2.75, 3.05) is 18.5 Å². The Hall–Kier alpha value is 0.690. The minimum absolute atomic E-state index is 0.121. The Kier molecular flexibility index (Phi) is 7.33. The first kappa shape index (κ1) is 9.69. The predicted molar refractivity (Wildman–Crippen MR) is 41.1 cm³/mol. The molecule has 0 amide bonds. The van der Waals surface area contributed by atoms with Crippen LogP contribution in [0.15, 0.2) is 0 Å². The molecule has 56 valence electrons. The first-order valence-electron chi connectivity index (χ1n) is 2.73. The summed E-state index contributed by atoms with van der Waals surface area (Å²) in [6.07, 6.45) is 0.920. The molecule has 0 aliphatic carbocycles. The van der Waals surface area contributed by atoms with Crippen LogP contribution in [0.4, 0.5) is 0 Å². The van der Waals surface area contributed by atoms with Crippen LogP contribution in [0.5, 0.6) is 0 Å². The zero-order valence-electron chi connectivity index (χ0n) is 5.02. The fraction of sp³-hybridized carbons (Fsp3) is 1.00. The van der Waals surface area contributed by atoms with E-state index in [1.807, 2.05) is 0 Å². The minimum atomic E-state index is -0.538. The van der Waals surface area contributed by atoms with Crippen molar-refractivity contribution in [2.24, 2.45) is 0 Å². The zero-order valence-corrected chi connectivity index (χ0v) is 7.36. The van der Waals surface area contributed by atoms with Crippen molar-refractivity contribution in [1.82, 2.24) is 0 Å². The molecule has 1 N–H and O–H groups in total. The van der Waals surface area contributed by atoms with Gasteiger partial charge in [-0.2, -0.15) is 0 Å². The minimum Gasteiger partial charge on any atom is -0.392 e. The highest BCUT2D eigenvalue weighted by atomic mass is 79.9. The number of aliphatic hydroxyl groups excluding tert-OH is 1. The van der Waals surface area contributed by atoms with Gasteiger partial charge in [-0.1, -0.05) is 27.5 Å². The van der Waals surface area contributed by atoms with Crippen LogP contribution < -0.4 is 0 Å². The van der Waals surface area contributed by atoms with Crippen LogP contribution in [0.1, 0.15) is 6.42 Å². The molecular formula is C5H10BrClO2. The Morgan fingerprint density at radius 2 is 2.33 bits per heavy atom. The molecule has 1 unspecified atom stereocenters. The molecule has 0 fully saturated rings. The molecule has 2 nitrogen and oxygen atoms in total. The number of hydrogen-bond donors (Lipinski definition) is 1. The van der Waals surface area contributed by atoms with Gasteiger partial charge in [-0.15, -0.1) is 0 Å². The maximum atomic E-state index is 8.37. The second-order valence-electron chi connectivity index (χ2n) is 1.51. The lowest BCUT2D eigenvalue weighted by Crippen LogP contribution is -2.10. The molecular weight excluding hydrogens is 207 g/mol. The van der Waals surface area contributed by atoms with Gasteiger partial charge < -0.3 is 9.84 Å². The summed E-state index contributed by atoms with van der Waals surface area (Å²) in [6, 6.07) is 0. The number of alkyl halides is 2. The number of hydrogen-bond acceptors (Lipinski definition) is 2. The standard InChI is InChI=1S/C5H10BrClO2/c6-2-1-3-9-5(7)4-8/h5,8H,1-4H2. The van der Waals surface area contributed by atoms with Crippen LogP contribution in [-0.4, -0.2) is 29.2 Å². The summed E-state index contributed by atoms with van der Waals surface area (Å²) in [5, 5.41) is 9.27. The fourth-order valence-electron chi connectivity index (χ4n) is 0.318. The highest BCUT2D eigenvalue weighted by Gasteiger charge is 1.99. The van der Waals surface area contributed by atoms with E-state index in [0.717, 1.165) is 11.8 Å². The third-order valence-corrected chi connectivity index (χ3v) is 1.54. The third-order valence-electron chi connectivity index (χ3n) is 0.720. The molecule has 0 aromatic heterocycles. The van der Waals surface area contributed by atoms with Crippen molar-refractivity contribution in [2.45, 2.75) is 12.0 Å². The van der Waals surface area contributed by atoms with Gasteiger partial charge in [0.05, 0.1) is 6.61 Å². The monoisotopic (exact) mass is 216 g/mol. The Balaban J connectivity index is 2.88.